The Labute approximate surface area is 128 Å². The highest BCUT2D eigenvalue weighted by Gasteiger charge is 2.28. The molecule has 1 saturated heterocycles. The fourth-order valence-corrected chi connectivity index (χ4v) is 3.08. The van der Waals surface area contributed by atoms with Gasteiger partial charge < -0.3 is 10.5 Å². The first-order valence-electron chi connectivity index (χ1n) is 7.12. The van der Waals surface area contributed by atoms with Gasteiger partial charge in [0.25, 0.3) is 0 Å². The molecule has 6 nitrogen and oxygen atoms in total. The predicted octanol–water partition coefficient (Wildman–Crippen LogP) is 2.39. The van der Waals surface area contributed by atoms with Crippen LogP contribution in [-0.2, 0) is 11.3 Å². The Hall–Kier alpha value is -1.66. The number of nitrogens with zero attached hydrogens (tertiary/aromatic N) is 4. The summed E-state index contributed by atoms with van der Waals surface area (Å²) >= 11 is 6.25. The lowest BCUT2D eigenvalue weighted by atomic mass is 9.99. The first kappa shape index (κ1) is 14.3. The van der Waals surface area contributed by atoms with Crippen LogP contribution >= 0.6 is 11.6 Å². The summed E-state index contributed by atoms with van der Waals surface area (Å²) in [5.74, 6) is 1.10. The molecule has 1 aromatic heterocycles. The Kier molecular flexibility index (Phi) is 4.07. The Bertz CT molecular complexity index is 630. The summed E-state index contributed by atoms with van der Waals surface area (Å²) in [7, 11) is 0. The van der Waals surface area contributed by atoms with Crippen molar-refractivity contribution in [3.05, 3.63) is 23.2 Å². The third-order valence-electron chi connectivity index (χ3n) is 3.92. The highest BCUT2D eigenvalue weighted by molar-refractivity contribution is 6.33. The number of hydrogen-bond acceptors (Lipinski definition) is 5. The lowest BCUT2D eigenvalue weighted by molar-refractivity contribution is 0.0825. The quantitative estimate of drug-likeness (QED) is 0.877. The molecule has 1 aromatic carbocycles. The minimum Gasteiger partial charge on any atom is -0.399 e. The molecule has 2 unspecified atom stereocenters. The molecule has 1 aliphatic heterocycles. The normalized spacial score (nSPS) is 21.8. The molecule has 2 aromatic rings. The number of nitrogen functional groups attached to an aromatic ring is 1. The van der Waals surface area contributed by atoms with Crippen molar-refractivity contribution < 1.29 is 4.74 Å². The van der Waals surface area contributed by atoms with Crippen LogP contribution in [0, 0.1) is 5.92 Å². The largest absolute Gasteiger partial charge is 0.399 e. The maximum Gasteiger partial charge on any atom is 0.183 e. The van der Waals surface area contributed by atoms with E-state index >= 15 is 0 Å². The summed E-state index contributed by atoms with van der Waals surface area (Å²) in [5, 5.41) is 12.5. The smallest absolute Gasteiger partial charge is 0.183 e. The lowest BCUT2D eigenvalue weighted by Gasteiger charge is -2.17. The van der Waals surface area contributed by atoms with E-state index in [2.05, 4.69) is 22.4 Å². The van der Waals surface area contributed by atoms with Crippen molar-refractivity contribution in [2.45, 2.75) is 32.4 Å². The highest BCUT2D eigenvalue weighted by atomic mass is 35.5. The van der Waals surface area contributed by atoms with E-state index in [0.29, 0.717) is 22.5 Å². The van der Waals surface area contributed by atoms with Crippen molar-refractivity contribution in [2.24, 2.45) is 5.92 Å². The van der Waals surface area contributed by atoms with Crippen molar-refractivity contribution in [2.75, 3.05) is 12.3 Å². The zero-order chi connectivity index (χ0) is 14.8. The molecule has 0 amide bonds. The molecule has 3 rings (SSSR count). The summed E-state index contributed by atoms with van der Waals surface area (Å²) in [5.41, 5.74) is 7.15. The fourth-order valence-electron chi connectivity index (χ4n) is 2.81. The topological polar surface area (TPSA) is 78.8 Å². The first-order valence-corrected chi connectivity index (χ1v) is 7.50. The second-order valence-corrected chi connectivity index (χ2v) is 5.70. The van der Waals surface area contributed by atoms with E-state index in [1.165, 1.54) is 0 Å². The minimum absolute atomic E-state index is 0.281. The number of nitrogens with two attached hydrogens (primary N) is 1. The van der Waals surface area contributed by atoms with Gasteiger partial charge in [0, 0.05) is 23.8 Å². The molecule has 7 heteroatoms. The molecule has 2 heterocycles. The first-order chi connectivity index (χ1) is 10.2. The number of hydrogen-bond donors (Lipinski definition) is 1. The molecule has 0 saturated carbocycles. The Morgan fingerprint density at radius 1 is 1.48 bits per heavy atom. The second kappa shape index (κ2) is 5.99. The summed E-state index contributed by atoms with van der Waals surface area (Å²) in [6, 6.07) is 5.36. The Morgan fingerprint density at radius 3 is 3.10 bits per heavy atom. The van der Waals surface area contributed by atoms with Gasteiger partial charge in [-0.15, -0.1) is 5.10 Å². The molecular weight excluding hydrogens is 290 g/mol. The van der Waals surface area contributed by atoms with Gasteiger partial charge in [-0.05, 0) is 41.5 Å². The van der Waals surface area contributed by atoms with Gasteiger partial charge in [-0.1, -0.05) is 18.5 Å². The summed E-state index contributed by atoms with van der Waals surface area (Å²) < 4.78 is 7.53. The van der Waals surface area contributed by atoms with Gasteiger partial charge in [0.2, 0.25) is 0 Å². The number of tetrazole rings is 1. The van der Waals surface area contributed by atoms with Crippen LogP contribution in [0.5, 0.6) is 0 Å². The van der Waals surface area contributed by atoms with E-state index in [0.717, 1.165) is 31.6 Å². The van der Waals surface area contributed by atoms with E-state index in [9.17, 15) is 0 Å². The zero-order valence-electron chi connectivity index (χ0n) is 11.9. The van der Waals surface area contributed by atoms with Gasteiger partial charge in [-0.2, -0.15) is 0 Å². The van der Waals surface area contributed by atoms with Crippen molar-refractivity contribution in [3.8, 4) is 11.4 Å². The molecule has 0 spiro atoms. The van der Waals surface area contributed by atoms with E-state index in [1.54, 1.807) is 16.8 Å². The standard InChI is InChI=1S/C14H18ClN5O/c1-2-13-9(5-6-21-13)8-20-14(17-18-19-20)11-4-3-10(16)7-12(11)15/h3-4,7,9,13H,2,5-6,8,16H2,1H3. The van der Waals surface area contributed by atoms with Crippen LogP contribution in [-0.4, -0.2) is 32.9 Å². The number of ether oxygens (including phenoxy) is 1. The lowest BCUT2D eigenvalue weighted by Crippen LogP contribution is -2.21. The molecule has 2 N–H and O–H groups in total. The molecule has 0 radical (unpaired) electrons. The van der Waals surface area contributed by atoms with Gasteiger partial charge >= 0.3 is 0 Å². The molecule has 1 fully saturated rings. The molecule has 21 heavy (non-hydrogen) atoms. The van der Waals surface area contributed by atoms with Crippen LogP contribution in [0.3, 0.4) is 0 Å². The maximum atomic E-state index is 6.25. The van der Waals surface area contributed by atoms with E-state index in [4.69, 9.17) is 22.1 Å². The van der Waals surface area contributed by atoms with Crippen LogP contribution in [0.25, 0.3) is 11.4 Å². The maximum absolute atomic E-state index is 6.25. The van der Waals surface area contributed by atoms with Crippen molar-refractivity contribution in [1.82, 2.24) is 20.2 Å². The molecule has 1 aliphatic rings. The third-order valence-corrected chi connectivity index (χ3v) is 4.23. The van der Waals surface area contributed by atoms with Crippen molar-refractivity contribution >= 4 is 17.3 Å². The van der Waals surface area contributed by atoms with E-state index in [-0.39, 0.29) is 6.10 Å². The van der Waals surface area contributed by atoms with Gasteiger partial charge in [-0.3, -0.25) is 0 Å². The predicted molar refractivity (Wildman–Crippen MR) is 80.8 cm³/mol. The Morgan fingerprint density at radius 2 is 2.33 bits per heavy atom. The number of halogens is 1. The van der Waals surface area contributed by atoms with Crippen molar-refractivity contribution in [1.29, 1.82) is 0 Å². The molecule has 2 atom stereocenters. The average molecular weight is 308 g/mol. The van der Waals surface area contributed by atoms with Crippen LogP contribution in [0.15, 0.2) is 18.2 Å². The van der Waals surface area contributed by atoms with Gasteiger partial charge in [0.05, 0.1) is 17.7 Å². The van der Waals surface area contributed by atoms with Crippen LogP contribution < -0.4 is 5.73 Å². The van der Waals surface area contributed by atoms with Crippen LogP contribution in [0.2, 0.25) is 5.02 Å². The van der Waals surface area contributed by atoms with E-state index < -0.39 is 0 Å². The van der Waals surface area contributed by atoms with Gasteiger partial charge in [0.1, 0.15) is 0 Å². The number of aromatic nitrogens is 4. The van der Waals surface area contributed by atoms with Crippen LogP contribution in [0.4, 0.5) is 5.69 Å². The third kappa shape index (κ3) is 2.87. The molecular formula is C14H18ClN5O. The number of anilines is 1. The van der Waals surface area contributed by atoms with E-state index in [1.807, 2.05) is 6.07 Å². The number of benzene rings is 1. The average Bonchev–Trinajstić information content (AvgIpc) is 3.08. The Balaban J connectivity index is 1.87. The van der Waals surface area contributed by atoms with Crippen LogP contribution in [0.1, 0.15) is 19.8 Å². The summed E-state index contributed by atoms with van der Waals surface area (Å²) in [6.45, 7) is 3.69. The van der Waals surface area contributed by atoms with Gasteiger partial charge in [-0.25, -0.2) is 4.68 Å². The highest BCUT2D eigenvalue weighted by Crippen LogP contribution is 2.30. The zero-order valence-corrected chi connectivity index (χ0v) is 12.6. The fraction of sp³-hybridized carbons (Fsp3) is 0.500. The van der Waals surface area contributed by atoms with Crippen molar-refractivity contribution in [3.63, 3.8) is 0 Å². The minimum atomic E-state index is 0.281. The second-order valence-electron chi connectivity index (χ2n) is 5.29. The summed E-state index contributed by atoms with van der Waals surface area (Å²) in [4.78, 5) is 0. The monoisotopic (exact) mass is 307 g/mol. The number of rotatable bonds is 4. The molecule has 0 aliphatic carbocycles. The SMILES string of the molecule is CCC1OCCC1Cn1nnnc1-c1ccc(N)cc1Cl. The summed E-state index contributed by atoms with van der Waals surface area (Å²) in [6.07, 6.45) is 2.32. The molecule has 0 bridgehead atoms. The molecule has 112 valence electrons. The van der Waals surface area contributed by atoms with Gasteiger partial charge in [0.15, 0.2) is 5.82 Å².